The minimum Gasteiger partial charge on any atom is -0.385 e. The molecule has 2 rings (SSSR count). The fourth-order valence-corrected chi connectivity index (χ4v) is 3.21. The van der Waals surface area contributed by atoms with Gasteiger partial charge in [-0.3, -0.25) is 9.78 Å². The first kappa shape index (κ1) is 19.0. The third-order valence-corrected chi connectivity index (χ3v) is 4.84. The Hall–Kier alpha value is -2.29. The number of hydrogen-bond donors (Lipinski definition) is 2. The van der Waals surface area contributed by atoms with Crippen molar-refractivity contribution in [3.05, 3.63) is 59.9 Å². The molecule has 1 amide bonds. The van der Waals surface area contributed by atoms with Gasteiger partial charge < -0.3 is 10.1 Å². The molecule has 1 aromatic heterocycles. The highest BCUT2D eigenvalue weighted by Crippen LogP contribution is 2.11. The molecule has 134 valence electrons. The smallest absolute Gasteiger partial charge is 0.251 e. The van der Waals surface area contributed by atoms with Crippen LogP contribution in [0.15, 0.2) is 53.6 Å². The van der Waals surface area contributed by atoms with Crippen LogP contribution in [0.3, 0.4) is 0 Å². The maximum absolute atomic E-state index is 12.3. The summed E-state index contributed by atoms with van der Waals surface area (Å²) in [5.74, 6) is -0.359. The first-order valence-electron chi connectivity index (χ1n) is 7.80. The van der Waals surface area contributed by atoms with Crippen molar-refractivity contribution in [3.63, 3.8) is 0 Å². The van der Waals surface area contributed by atoms with E-state index in [4.69, 9.17) is 4.74 Å². The van der Waals surface area contributed by atoms with Crippen molar-refractivity contribution in [3.8, 4) is 0 Å². The summed E-state index contributed by atoms with van der Waals surface area (Å²) in [5, 5.41) is 2.72. The van der Waals surface area contributed by atoms with Gasteiger partial charge in [0, 0.05) is 32.0 Å². The summed E-state index contributed by atoms with van der Waals surface area (Å²) in [6, 6.07) is 11.3. The summed E-state index contributed by atoms with van der Waals surface area (Å²) in [6.07, 6.45) is 2.21. The number of carbonyl (C=O) groups excluding carboxylic acids is 1. The van der Waals surface area contributed by atoms with Gasteiger partial charge in [0.2, 0.25) is 10.0 Å². The number of rotatable bonds is 9. The molecule has 0 aliphatic heterocycles. The molecule has 2 N–H and O–H groups in total. The van der Waals surface area contributed by atoms with Crippen molar-refractivity contribution in [2.24, 2.45) is 0 Å². The van der Waals surface area contributed by atoms with E-state index in [0.29, 0.717) is 13.0 Å². The maximum atomic E-state index is 12.3. The van der Waals surface area contributed by atoms with Gasteiger partial charge in [-0.2, -0.15) is 0 Å². The molecule has 0 aliphatic rings. The third kappa shape index (κ3) is 5.93. The van der Waals surface area contributed by atoms with E-state index in [1.54, 1.807) is 37.6 Å². The summed E-state index contributed by atoms with van der Waals surface area (Å²) in [6.45, 7) is 1.01. The van der Waals surface area contributed by atoms with Crippen LogP contribution in [0.1, 0.15) is 22.5 Å². The van der Waals surface area contributed by atoms with Gasteiger partial charge in [0.1, 0.15) is 0 Å². The van der Waals surface area contributed by atoms with Crippen LogP contribution in [0.5, 0.6) is 0 Å². The Bertz CT molecular complexity index is 795. The number of methoxy groups -OCH3 is 1. The van der Waals surface area contributed by atoms with E-state index in [1.165, 1.54) is 12.1 Å². The molecule has 0 unspecified atom stereocenters. The zero-order valence-corrected chi connectivity index (χ0v) is 14.8. The minimum absolute atomic E-state index is 0.0513. The molecule has 7 nitrogen and oxygen atoms in total. The molecule has 0 saturated carbocycles. The number of benzene rings is 1. The lowest BCUT2D eigenvalue weighted by Gasteiger charge is -2.09. The van der Waals surface area contributed by atoms with Crippen LogP contribution in [-0.2, 0) is 21.3 Å². The maximum Gasteiger partial charge on any atom is 0.251 e. The normalized spacial score (nSPS) is 11.2. The fraction of sp³-hybridized carbons (Fsp3) is 0.294. The van der Waals surface area contributed by atoms with E-state index in [2.05, 4.69) is 15.0 Å². The van der Waals surface area contributed by atoms with E-state index >= 15 is 0 Å². The Balaban J connectivity index is 2.00. The van der Waals surface area contributed by atoms with Gasteiger partial charge in [-0.15, -0.1) is 0 Å². The topological polar surface area (TPSA) is 97.4 Å². The van der Waals surface area contributed by atoms with E-state index in [9.17, 15) is 13.2 Å². The zero-order chi connectivity index (χ0) is 18.1. The lowest BCUT2D eigenvalue weighted by Crippen LogP contribution is -2.27. The highest BCUT2D eigenvalue weighted by atomic mass is 32.2. The van der Waals surface area contributed by atoms with Crippen LogP contribution in [0.4, 0.5) is 0 Å². The Morgan fingerprint density at radius 2 is 2.04 bits per heavy atom. The van der Waals surface area contributed by atoms with E-state index < -0.39 is 10.0 Å². The summed E-state index contributed by atoms with van der Waals surface area (Å²) < 4.78 is 31.9. The molecule has 2 aromatic rings. The predicted octanol–water partition coefficient (Wildman–Crippen LogP) is 1.33. The van der Waals surface area contributed by atoms with Crippen molar-refractivity contribution in [1.29, 1.82) is 0 Å². The molecule has 0 atom stereocenters. The quantitative estimate of drug-likeness (QED) is 0.655. The van der Waals surface area contributed by atoms with Gasteiger partial charge in [0.25, 0.3) is 5.91 Å². The van der Waals surface area contributed by atoms with Crippen molar-refractivity contribution in [2.75, 3.05) is 20.3 Å². The third-order valence-electron chi connectivity index (χ3n) is 3.38. The summed E-state index contributed by atoms with van der Waals surface area (Å²) in [4.78, 5) is 16.4. The van der Waals surface area contributed by atoms with E-state index in [1.807, 2.05) is 6.07 Å². The van der Waals surface area contributed by atoms with Crippen LogP contribution in [0.25, 0.3) is 0 Å². The van der Waals surface area contributed by atoms with E-state index in [0.717, 1.165) is 5.69 Å². The number of carbonyl (C=O) groups is 1. The van der Waals surface area contributed by atoms with Gasteiger partial charge >= 0.3 is 0 Å². The van der Waals surface area contributed by atoms with Crippen LogP contribution in [-0.4, -0.2) is 39.6 Å². The molecular weight excluding hydrogens is 342 g/mol. The summed E-state index contributed by atoms with van der Waals surface area (Å²) in [5.41, 5.74) is 0.995. The Kier molecular flexibility index (Phi) is 7.05. The molecule has 25 heavy (non-hydrogen) atoms. The number of ether oxygens (including phenoxy) is 1. The van der Waals surface area contributed by atoms with E-state index in [-0.39, 0.29) is 29.5 Å². The molecule has 0 radical (unpaired) electrons. The lowest BCUT2D eigenvalue weighted by atomic mass is 10.2. The molecule has 0 saturated heterocycles. The largest absolute Gasteiger partial charge is 0.385 e. The summed E-state index contributed by atoms with van der Waals surface area (Å²) >= 11 is 0. The van der Waals surface area contributed by atoms with Crippen molar-refractivity contribution < 1.29 is 17.9 Å². The van der Waals surface area contributed by atoms with Crippen molar-refractivity contribution in [2.45, 2.75) is 17.9 Å². The van der Waals surface area contributed by atoms with Gasteiger partial charge in [0.15, 0.2) is 0 Å². The molecular formula is C17H21N3O4S. The van der Waals surface area contributed by atoms with Crippen molar-refractivity contribution in [1.82, 2.24) is 15.0 Å². The fourth-order valence-electron chi connectivity index (χ4n) is 2.09. The van der Waals surface area contributed by atoms with Crippen LogP contribution >= 0.6 is 0 Å². The molecule has 1 aromatic carbocycles. The number of nitrogens with one attached hydrogen (secondary N) is 2. The van der Waals surface area contributed by atoms with Crippen molar-refractivity contribution >= 4 is 15.9 Å². The van der Waals surface area contributed by atoms with Crippen LogP contribution in [0.2, 0.25) is 0 Å². The average Bonchev–Trinajstić information content (AvgIpc) is 2.64. The number of amides is 1. The van der Waals surface area contributed by atoms with Gasteiger partial charge in [-0.1, -0.05) is 12.1 Å². The number of nitrogens with zero attached hydrogens (tertiary/aromatic N) is 1. The second kappa shape index (κ2) is 9.26. The van der Waals surface area contributed by atoms with Crippen LogP contribution < -0.4 is 10.0 Å². The van der Waals surface area contributed by atoms with Gasteiger partial charge in [0.05, 0.1) is 17.1 Å². The minimum atomic E-state index is -3.66. The molecule has 0 spiro atoms. The number of aromatic nitrogens is 1. The first-order valence-corrected chi connectivity index (χ1v) is 9.28. The lowest BCUT2D eigenvalue weighted by molar-refractivity contribution is 0.0950. The molecule has 0 bridgehead atoms. The van der Waals surface area contributed by atoms with Gasteiger partial charge in [-0.05, 0) is 36.8 Å². The molecule has 0 aliphatic carbocycles. The Morgan fingerprint density at radius 3 is 2.76 bits per heavy atom. The average molecular weight is 363 g/mol. The SMILES string of the molecule is COCCCNS(=O)(=O)c1cccc(C(=O)NCc2ccccn2)c1. The van der Waals surface area contributed by atoms with Crippen LogP contribution in [0, 0.1) is 0 Å². The zero-order valence-electron chi connectivity index (χ0n) is 13.9. The summed E-state index contributed by atoms with van der Waals surface area (Å²) in [7, 11) is -2.10. The Labute approximate surface area is 147 Å². The predicted molar refractivity (Wildman–Crippen MR) is 93.5 cm³/mol. The standard InChI is InChI=1S/C17H21N3O4S/c1-24-11-5-10-20-25(22,23)16-8-4-6-14(12-16)17(21)19-13-15-7-2-3-9-18-15/h2-4,6-9,12,20H,5,10-11,13H2,1H3,(H,19,21). The molecule has 0 fully saturated rings. The van der Waals surface area contributed by atoms with Gasteiger partial charge in [-0.25, -0.2) is 13.1 Å². The molecule has 1 heterocycles. The first-order chi connectivity index (χ1) is 12.0. The highest BCUT2D eigenvalue weighted by Gasteiger charge is 2.15. The second-order valence-corrected chi connectivity index (χ2v) is 7.04. The monoisotopic (exact) mass is 363 g/mol. The number of sulfonamides is 1. The number of hydrogen-bond acceptors (Lipinski definition) is 5. The Morgan fingerprint density at radius 1 is 1.20 bits per heavy atom. The highest BCUT2D eigenvalue weighted by molar-refractivity contribution is 7.89. The number of pyridine rings is 1. The molecule has 8 heteroatoms. The second-order valence-electron chi connectivity index (χ2n) is 5.28.